The summed E-state index contributed by atoms with van der Waals surface area (Å²) in [5.74, 6) is -0.0846. The Bertz CT molecular complexity index is 1550. The number of fused-ring (bicyclic) bond motifs is 2. The maximum atomic E-state index is 12.8. The minimum Gasteiger partial charge on any atom is -0.383 e. The second-order valence-corrected chi connectivity index (χ2v) is 12.7. The highest BCUT2D eigenvalue weighted by atomic mass is 32.1. The summed E-state index contributed by atoms with van der Waals surface area (Å²) in [5, 5.41) is 14.6. The molecule has 11 heteroatoms. The molecule has 0 atom stereocenters. The van der Waals surface area contributed by atoms with Crippen molar-refractivity contribution in [3.8, 4) is 21.7 Å². The standard InChI is InChI=1S/C31H38N6O3S2/c1-37(2)15-13-34-29(39)22-6-4-5-20(17-22)21-7-8-24-25(18-21)41-30(35-24)28-23-9-11-33-19-26(23)42-31(28)36-27(38)10-12-32-14-16-40-3/h4-8,17-18,32-33H,9-16,19H2,1-3H3,(H,34,39)(H,36,38). The molecule has 0 radical (unpaired) electrons. The molecule has 0 saturated carbocycles. The Balaban J connectivity index is 1.38. The van der Waals surface area contributed by atoms with Gasteiger partial charge in [-0.15, -0.1) is 22.7 Å². The molecule has 0 fully saturated rings. The number of hydrogen-bond donors (Lipinski definition) is 4. The molecule has 4 N–H and O–H groups in total. The lowest BCUT2D eigenvalue weighted by atomic mass is 10.0. The van der Waals surface area contributed by atoms with Crippen LogP contribution < -0.4 is 21.3 Å². The number of methoxy groups -OCH3 is 1. The second-order valence-electron chi connectivity index (χ2n) is 10.5. The van der Waals surface area contributed by atoms with E-state index in [4.69, 9.17) is 9.72 Å². The fourth-order valence-electron chi connectivity index (χ4n) is 4.89. The maximum Gasteiger partial charge on any atom is 0.251 e. The number of benzene rings is 2. The van der Waals surface area contributed by atoms with E-state index in [0.717, 1.165) is 69.5 Å². The first-order valence-electron chi connectivity index (χ1n) is 14.2. The predicted octanol–water partition coefficient (Wildman–Crippen LogP) is 4.19. The van der Waals surface area contributed by atoms with Gasteiger partial charge in [0.2, 0.25) is 5.91 Å². The molecular formula is C31H38N6O3S2. The summed E-state index contributed by atoms with van der Waals surface area (Å²) in [7, 11) is 5.64. The van der Waals surface area contributed by atoms with Crippen molar-refractivity contribution in [1.29, 1.82) is 0 Å². The van der Waals surface area contributed by atoms with E-state index in [-0.39, 0.29) is 11.8 Å². The quantitative estimate of drug-likeness (QED) is 0.169. The van der Waals surface area contributed by atoms with Crippen molar-refractivity contribution in [2.75, 3.05) is 65.9 Å². The van der Waals surface area contributed by atoms with E-state index >= 15 is 0 Å². The van der Waals surface area contributed by atoms with Crippen LogP contribution in [0, 0.1) is 0 Å². The zero-order chi connectivity index (χ0) is 29.5. The number of carbonyl (C=O) groups is 2. The molecule has 0 saturated heterocycles. The molecule has 1 aliphatic heterocycles. The van der Waals surface area contributed by atoms with Crippen LogP contribution in [0.5, 0.6) is 0 Å². The number of amides is 2. The average molecular weight is 607 g/mol. The van der Waals surface area contributed by atoms with E-state index in [2.05, 4.69) is 33.4 Å². The van der Waals surface area contributed by atoms with Crippen molar-refractivity contribution in [2.24, 2.45) is 0 Å². The van der Waals surface area contributed by atoms with Crippen LogP contribution in [0.3, 0.4) is 0 Å². The number of thiazole rings is 1. The summed E-state index contributed by atoms with van der Waals surface area (Å²) in [6.07, 6.45) is 1.29. The van der Waals surface area contributed by atoms with Crippen molar-refractivity contribution in [3.05, 3.63) is 58.5 Å². The van der Waals surface area contributed by atoms with Crippen LogP contribution in [0.4, 0.5) is 5.00 Å². The first-order chi connectivity index (χ1) is 20.4. The van der Waals surface area contributed by atoms with Gasteiger partial charge >= 0.3 is 0 Å². The first-order valence-corrected chi connectivity index (χ1v) is 15.9. The van der Waals surface area contributed by atoms with Crippen molar-refractivity contribution in [1.82, 2.24) is 25.8 Å². The normalized spacial score (nSPS) is 13.0. The van der Waals surface area contributed by atoms with Gasteiger partial charge in [0.15, 0.2) is 0 Å². The monoisotopic (exact) mass is 606 g/mol. The molecule has 3 heterocycles. The molecule has 222 valence electrons. The molecule has 0 unspecified atom stereocenters. The van der Waals surface area contributed by atoms with Crippen molar-refractivity contribution >= 4 is 49.7 Å². The Hall–Kier alpha value is -3.19. The average Bonchev–Trinajstić information content (AvgIpc) is 3.57. The largest absolute Gasteiger partial charge is 0.383 e. The Morgan fingerprint density at radius 3 is 2.76 bits per heavy atom. The van der Waals surface area contributed by atoms with Crippen LogP contribution in [0.15, 0.2) is 42.5 Å². The molecule has 9 nitrogen and oxygen atoms in total. The molecule has 2 aromatic carbocycles. The van der Waals surface area contributed by atoms with Crippen LogP contribution in [-0.2, 0) is 22.5 Å². The van der Waals surface area contributed by atoms with Gasteiger partial charge in [0.1, 0.15) is 10.0 Å². The van der Waals surface area contributed by atoms with Gasteiger partial charge in [-0.05, 0) is 68.0 Å². The molecule has 2 aromatic heterocycles. The molecule has 2 amide bonds. The Labute approximate surface area is 254 Å². The molecule has 5 rings (SSSR count). The van der Waals surface area contributed by atoms with E-state index in [1.54, 1.807) is 29.8 Å². The number of nitrogens with zero attached hydrogens (tertiary/aromatic N) is 2. The molecule has 0 bridgehead atoms. The number of ether oxygens (including phenoxy) is 1. The zero-order valence-corrected chi connectivity index (χ0v) is 26.0. The van der Waals surface area contributed by atoms with Gasteiger partial charge < -0.3 is 30.9 Å². The summed E-state index contributed by atoms with van der Waals surface area (Å²) in [5.41, 5.74) is 5.91. The number of nitrogens with one attached hydrogen (secondary N) is 4. The van der Waals surface area contributed by atoms with Crippen molar-refractivity contribution in [3.63, 3.8) is 0 Å². The third-order valence-electron chi connectivity index (χ3n) is 7.10. The zero-order valence-electron chi connectivity index (χ0n) is 24.3. The summed E-state index contributed by atoms with van der Waals surface area (Å²) in [6, 6.07) is 14.0. The summed E-state index contributed by atoms with van der Waals surface area (Å²) < 4.78 is 6.12. The lowest BCUT2D eigenvalue weighted by Crippen LogP contribution is -2.31. The van der Waals surface area contributed by atoms with E-state index in [1.807, 2.05) is 49.3 Å². The molecule has 4 aromatic rings. The van der Waals surface area contributed by atoms with E-state index < -0.39 is 0 Å². The smallest absolute Gasteiger partial charge is 0.251 e. The predicted molar refractivity (Wildman–Crippen MR) is 173 cm³/mol. The van der Waals surface area contributed by atoms with Crippen LogP contribution >= 0.6 is 22.7 Å². The van der Waals surface area contributed by atoms with Gasteiger partial charge in [-0.1, -0.05) is 18.2 Å². The third kappa shape index (κ3) is 7.41. The first kappa shape index (κ1) is 30.3. The van der Waals surface area contributed by atoms with E-state index in [0.29, 0.717) is 31.7 Å². The highest BCUT2D eigenvalue weighted by Crippen LogP contribution is 2.45. The van der Waals surface area contributed by atoms with Crippen LogP contribution in [-0.4, -0.2) is 82.2 Å². The third-order valence-corrected chi connectivity index (χ3v) is 9.28. The topological polar surface area (TPSA) is 108 Å². The Morgan fingerprint density at radius 1 is 1.07 bits per heavy atom. The van der Waals surface area contributed by atoms with Gasteiger partial charge in [0.25, 0.3) is 5.91 Å². The van der Waals surface area contributed by atoms with Gasteiger partial charge in [-0.25, -0.2) is 4.98 Å². The highest BCUT2D eigenvalue weighted by molar-refractivity contribution is 7.23. The SMILES string of the molecule is COCCNCCC(=O)Nc1sc2c(c1-c1nc3ccc(-c4cccc(C(=O)NCCN(C)C)c4)cc3s1)CCNC2. The number of aromatic nitrogens is 1. The number of likely N-dealkylation sites (N-methyl/N-ethyl adjacent to an activating group) is 1. The van der Waals surface area contributed by atoms with Crippen LogP contribution in [0.2, 0.25) is 0 Å². The lowest BCUT2D eigenvalue weighted by Gasteiger charge is -2.13. The van der Waals surface area contributed by atoms with Crippen molar-refractivity contribution in [2.45, 2.75) is 19.4 Å². The summed E-state index contributed by atoms with van der Waals surface area (Å²) >= 11 is 3.29. The summed E-state index contributed by atoms with van der Waals surface area (Å²) in [4.78, 5) is 33.9. The highest BCUT2D eigenvalue weighted by Gasteiger charge is 2.25. The van der Waals surface area contributed by atoms with Gasteiger partial charge in [-0.2, -0.15) is 0 Å². The van der Waals surface area contributed by atoms with Crippen LogP contribution in [0.1, 0.15) is 27.2 Å². The van der Waals surface area contributed by atoms with E-state index in [9.17, 15) is 9.59 Å². The fraction of sp³-hybridized carbons (Fsp3) is 0.387. The lowest BCUT2D eigenvalue weighted by molar-refractivity contribution is -0.116. The molecule has 42 heavy (non-hydrogen) atoms. The number of carbonyl (C=O) groups excluding carboxylic acids is 2. The van der Waals surface area contributed by atoms with Gasteiger partial charge in [0.05, 0.1) is 16.8 Å². The minimum absolute atomic E-state index is 0.0123. The Morgan fingerprint density at radius 2 is 1.93 bits per heavy atom. The maximum absolute atomic E-state index is 12.8. The van der Waals surface area contributed by atoms with Gasteiger partial charge in [0, 0.05) is 62.3 Å². The van der Waals surface area contributed by atoms with E-state index in [1.165, 1.54) is 10.4 Å². The van der Waals surface area contributed by atoms with Crippen molar-refractivity contribution < 1.29 is 14.3 Å². The van der Waals surface area contributed by atoms with Crippen LogP contribution in [0.25, 0.3) is 31.9 Å². The fourth-order valence-corrected chi connectivity index (χ4v) is 7.27. The molecule has 1 aliphatic rings. The molecule has 0 spiro atoms. The second kappa shape index (κ2) is 14.3. The molecule has 0 aliphatic carbocycles. The van der Waals surface area contributed by atoms with Gasteiger partial charge in [-0.3, -0.25) is 9.59 Å². The number of thiophene rings is 1. The minimum atomic E-state index is -0.0723. The molecular weight excluding hydrogens is 569 g/mol. The number of anilines is 1. The summed E-state index contributed by atoms with van der Waals surface area (Å²) in [6.45, 7) is 5.03. The Kier molecular flexibility index (Phi) is 10.3. The number of rotatable bonds is 13. The number of hydrogen-bond acceptors (Lipinski definition) is 9.